The molecular formula is C23H27NO4. The van der Waals surface area contributed by atoms with Gasteiger partial charge in [0.2, 0.25) is 0 Å². The van der Waals surface area contributed by atoms with Gasteiger partial charge in [0.25, 0.3) is 0 Å². The van der Waals surface area contributed by atoms with E-state index in [1.165, 1.54) is 0 Å². The first kappa shape index (κ1) is 19.8. The van der Waals surface area contributed by atoms with Crippen molar-refractivity contribution in [3.63, 3.8) is 0 Å². The van der Waals surface area contributed by atoms with Crippen molar-refractivity contribution in [3.05, 3.63) is 77.7 Å². The largest absolute Gasteiger partial charge is 0.496 e. The predicted molar refractivity (Wildman–Crippen MR) is 109 cm³/mol. The first-order chi connectivity index (χ1) is 13.8. The second-order valence-corrected chi connectivity index (χ2v) is 6.46. The SMILES string of the molecule is COc1ccc(CNCC[C@H](c2ccco2)c2ccccc2OC)cc1OC. The quantitative estimate of drug-likeness (QED) is 0.520. The summed E-state index contributed by atoms with van der Waals surface area (Å²) in [4.78, 5) is 0. The standard InChI is InChI=1S/C23H27NO4/c1-25-20-8-5-4-7-18(20)19(21-9-6-14-28-21)12-13-24-16-17-10-11-22(26-2)23(15-17)27-3/h4-11,14-15,19,24H,12-13,16H2,1-3H3/t19-/m0/s1. The first-order valence-corrected chi connectivity index (χ1v) is 9.34. The van der Waals surface area contributed by atoms with Crippen molar-refractivity contribution in [2.24, 2.45) is 0 Å². The predicted octanol–water partition coefficient (Wildman–Crippen LogP) is 4.62. The Morgan fingerprint density at radius 3 is 2.36 bits per heavy atom. The molecule has 5 heteroatoms. The van der Waals surface area contributed by atoms with Crippen molar-refractivity contribution in [2.75, 3.05) is 27.9 Å². The molecular weight excluding hydrogens is 354 g/mol. The number of hydrogen-bond donors (Lipinski definition) is 1. The summed E-state index contributed by atoms with van der Waals surface area (Å²) >= 11 is 0. The van der Waals surface area contributed by atoms with Crippen molar-refractivity contribution in [3.8, 4) is 17.2 Å². The smallest absolute Gasteiger partial charge is 0.161 e. The van der Waals surface area contributed by atoms with Crippen LogP contribution in [0.3, 0.4) is 0 Å². The lowest BCUT2D eigenvalue weighted by Crippen LogP contribution is -2.18. The molecule has 1 aromatic heterocycles. The number of benzene rings is 2. The highest BCUT2D eigenvalue weighted by atomic mass is 16.5. The molecule has 2 aromatic carbocycles. The Kier molecular flexibility index (Phi) is 6.98. The molecule has 0 bridgehead atoms. The summed E-state index contributed by atoms with van der Waals surface area (Å²) < 4.78 is 21.9. The minimum atomic E-state index is 0.129. The molecule has 0 unspecified atom stereocenters. The number of para-hydroxylation sites is 1. The fraction of sp³-hybridized carbons (Fsp3) is 0.304. The third-order valence-corrected chi connectivity index (χ3v) is 4.79. The molecule has 148 valence electrons. The zero-order valence-electron chi connectivity index (χ0n) is 16.6. The van der Waals surface area contributed by atoms with E-state index in [-0.39, 0.29) is 5.92 Å². The van der Waals surface area contributed by atoms with Crippen LogP contribution in [-0.2, 0) is 6.54 Å². The van der Waals surface area contributed by atoms with Gasteiger partial charge >= 0.3 is 0 Å². The second-order valence-electron chi connectivity index (χ2n) is 6.46. The molecule has 3 aromatic rings. The molecule has 0 saturated heterocycles. The second kappa shape index (κ2) is 9.85. The molecule has 0 aliphatic rings. The number of hydrogen-bond acceptors (Lipinski definition) is 5. The number of rotatable bonds is 10. The molecule has 3 rings (SSSR count). The van der Waals surface area contributed by atoms with Crippen molar-refractivity contribution in [2.45, 2.75) is 18.9 Å². The van der Waals surface area contributed by atoms with E-state index in [0.29, 0.717) is 0 Å². The van der Waals surface area contributed by atoms with E-state index in [2.05, 4.69) is 11.4 Å². The maximum Gasteiger partial charge on any atom is 0.161 e. The normalized spacial score (nSPS) is 11.8. The van der Waals surface area contributed by atoms with Crippen LogP contribution in [0.25, 0.3) is 0 Å². The van der Waals surface area contributed by atoms with Gasteiger partial charge in [-0.25, -0.2) is 0 Å². The molecule has 1 heterocycles. The van der Waals surface area contributed by atoms with Crippen LogP contribution in [0.2, 0.25) is 0 Å². The third-order valence-electron chi connectivity index (χ3n) is 4.79. The minimum absolute atomic E-state index is 0.129. The molecule has 0 aliphatic heterocycles. The van der Waals surface area contributed by atoms with Crippen molar-refractivity contribution in [1.29, 1.82) is 0 Å². The van der Waals surface area contributed by atoms with Gasteiger partial charge in [-0.2, -0.15) is 0 Å². The van der Waals surface area contributed by atoms with Crippen LogP contribution >= 0.6 is 0 Å². The van der Waals surface area contributed by atoms with Gasteiger partial charge in [-0.05, 0) is 48.9 Å². The average Bonchev–Trinajstić information content (AvgIpc) is 3.28. The molecule has 1 atom stereocenters. The molecule has 0 radical (unpaired) electrons. The molecule has 0 amide bonds. The molecule has 0 fully saturated rings. The van der Waals surface area contributed by atoms with E-state index >= 15 is 0 Å². The van der Waals surface area contributed by atoms with Crippen molar-refractivity contribution in [1.82, 2.24) is 5.32 Å². The summed E-state index contributed by atoms with van der Waals surface area (Å²) in [6.45, 7) is 1.58. The Bertz CT molecular complexity index is 861. The number of furan rings is 1. The van der Waals surface area contributed by atoms with Crippen LogP contribution in [0.5, 0.6) is 17.2 Å². The van der Waals surface area contributed by atoms with E-state index in [1.807, 2.05) is 48.5 Å². The number of ether oxygens (including phenoxy) is 3. The van der Waals surface area contributed by atoms with E-state index in [9.17, 15) is 0 Å². The fourth-order valence-electron chi connectivity index (χ4n) is 3.36. The number of nitrogens with one attached hydrogen (secondary N) is 1. The summed E-state index contributed by atoms with van der Waals surface area (Å²) in [6.07, 6.45) is 2.61. The first-order valence-electron chi connectivity index (χ1n) is 9.34. The van der Waals surface area contributed by atoms with Crippen LogP contribution < -0.4 is 19.5 Å². The third kappa shape index (κ3) is 4.67. The highest BCUT2D eigenvalue weighted by molar-refractivity contribution is 5.43. The lowest BCUT2D eigenvalue weighted by atomic mass is 9.92. The van der Waals surface area contributed by atoms with Gasteiger partial charge in [0.15, 0.2) is 11.5 Å². The summed E-state index contributed by atoms with van der Waals surface area (Å²) in [5.74, 6) is 3.43. The maximum atomic E-state index is 5.71. The molecule has 0 saturated carbocycles. The summed E-state index contributed by atoms with van der Waals surface area (Å²) in [5.41, 5.74) is 2.28. The summed E-state index contributed by atoms with van der Waals surface area (Å²) in [6, 6.07) is 18.0. The Labute approximate surface area is 166 Å². The van der Waals surface area contributed by atoms with Crippen molar-refractivity contribution < 1.29 is 18.6 Å². The lowest BCUT2D eigenvalue weighted by Gasteiger charge is -2.18. The Hall–Kier alpha value is -2.92. The van der Waals surface area contributed by atoms with Crippen LogP contribution in [-0.4, -0.2) is 27.9 Å². The van der Waals surface area contributed by atoms with Gasteiger partial charge < -0.3 is 23.9 Å². The van der Waals surface area contributed by atoms with Gasteiger partial charge in [0.05, 0.1) is 27.6 Å². The van der Waals surface area contributed by atoms with Crippen molar-refractivity contribution >= 4 is 0 Å². The zero-order chi connectivity index (χ0) is 19.8. The highest BCUT2D eigenvalue weighted by Crippen LogP contribution is 2.34. The lowest BCUT2D eigenvalue weighted by molar-refractivity contribution is 0.354. The van der Waals surface area contributed by atoms with E-state index in [0.717, 1.165) is 53.6 Å². The average molecular weight is 381 g/mol. The highest BCUT2D eigenvalue weighted by Gasteiger charge is 2.20. The maximum absolute atomic E-state index is 5.71. The Morgan fingerprint density at radius 2 is 1.64 bits per heavy atom. The van der Waals surface area contributed by atoms with Gasteiger partial charge in [-0.3, -0.25) is 0 Å². The monoisotopic (exact) mass is 381 g/mol. The number of methoxy groups -OCH3 is 3. The topological polar surface area (TPSA) is 52.9 Å². The van der Waals surface area contributed by atoms with Crippen LogP contribution in [0, 0.1) is 0 Å². The van der Waals surface area contributed by atoms with E-state index in [1.54, 1.807) is 27.6 Å². The van der Waals surface area contributed by atoms with E-state index < -0.39 is 0 Å². The molecule has 5 nitrogen and oxygen atoms in total. The molecule has 0 aliphatic carbocycles. The minimum Gasteiger partial charge on any atom is -0.496 e. The van der Waals surface area contributed by atoms with Gasteiger partial charge in [0.1, 0.15) is 11.5 Å². The fourth-order valence-corrected chi connectivity index (χ4v) is 3.36. The van der Waals surface area contributed by atoms with Crippen LogP contribution in [0.4, 0.5) is 0 Å². The van der Waals surface area contributed by atoms with Gasteiger partial charge in [-0.1, -0.05) is 24.3 Å². The van der Waals surface area contributed by atoms with Crippen LogP contribution in [0.1, 0.15) is 29.2 Å². The summed E-state index contributed by atoms with van der Waals surface area (Å²) in [7, 11) is 4.99. The Balaban J connectivity index is 1.65. The zero-order valence-corrected chi connectivity index (χ0v) is 16.6. The molecule has 0 spiro atoms. The molecule has 1 N–H and O–H groups in total. The van der Waals surface area contributed by atoms with Crippen LogP contribution in [0.15, 0.2) is 65.3 Å². The van der Waals surface area contributed by atoms with Gasteiger partial charge in [-0.15, -0.1) is 0 Å². The Morgan fingerprint density at radius 1 is 0.857 bits per heavy atom. The summed E-state index contributed by atoms with van der Waals surface area (Å²) in [5, 5.41) is 3.51. The van der Waals surface area contributed by atoms with Gasteiger partial charge in [0, 0.05) is 18.0 Å². The molecule has 28 heavy (non-hydrogen) atoms. The van der Waals surface area contributed by atoms with E-state index in [4.69, 9.17) is 18.6 Å².